The first-order valence-corrected chi connectivity index (χ1v) is 6.65. The summed E-state index contributed by atoms with van der Waals surface area (Å²) in [5.41, 5.74) is -1.25. The van der Waals surface area contributed by atoms with Crippen molar-refractivity contribution in [2.75, 3.05) is 11.9 Å². The number of carboxylic acid groups (broad SMARTS) is 1. The fourth-order valence-electron chi connectivity index (χ4n) is 2.67. The summed E-state index contributed by atoms with van der Waals surface area (Å²) in [6.07, 6.45) is -2.11. The summed E-state index contributed by atoms with van der Waals surface area (Å²) in [6.45, 7) is -0.0271. The molecule has 0 amide bonds. The first kappa shape index (κ1) is 15.6. The highest BCUT2D eigenvalue weighted by molar-refractivity contribution is 5.94. The van der Waals surface area contributed by atoms with Gasteiger partial charge in [0.1, 0.15) is 0 Å². The lowest BCUT2D eigenvalue weighted by molar-refractivity contribution is -0.137. The second-order valence-electron chi connectivity index (χ2n) is 5.19. The minimum absolute atomic E-state index is 0.00561. The van der Waals surface area contributed by atoms with E-state index in [1.807, 2.05) is 0 Å². The maximum absolute atomic E-state index is 12.6. The quantitative estimate of drug-likeness (QED) is 0.800. The lowest BCUT2D eigenvalue weighted by Gasteiger charge is -2.22. The van der Waals surface area contributed by atoms with Crippen molar-refractivity contribution in [1.29, 1.82) is 0 Å². The van der Waals surface area contributed by atoms with Gasteiger partial charge in [-0.1, -0.05) is 6.42 Å². The van der Waals surface area contributed by atoms with Gasteiger partial charge < -0.3 is 15.5 Å². The Balaban J connectivity index is 2.29. The van der Waals surface area contributed by atoms with E-state index in [1.165, 1.54) is 0 Å². The molecule has 1 aliphatic carbocycles. The number of hydrogen-bond acceptors (Lipinski definition) is 3. The first-order valence-electron chi connectivity index (χ1n) is 6.65. The van der Waals surface area contributed by atoms with Crippen molar-refractivity contribution in [3.8, 4) is 0 Å². The number of carboxylic acids is 1. The van der Waals surface area contributed by atoms with E-state index < -0.39 is 23.3 Å². The van der Waals surface area contributed by atoms with Crippen LogP contribution in [0.25, 0.3) is 0 Å². The van der Waals surface area contributed by atoms with Crippen molar-refractivity contribution in [3.05, 3.63) is 29.3 Å². The third-order valence-corrected chi connectivity index (χ3v) is 3.81. The van der Waals surface area contributed by atoms with Crippen LogP contribution in [0.4, 0.5) is 18.9 Å². The summed E-state index contributed by atoms with van der Waals surface area (Å²) < 4.78 is 37.9. The SMILES string of the molecule is O=C(O)c1cc(C(F)(F)F)ccc1NC1CCCC1CO. The number of benzene rings is 1. The van der Waals surface area contributed by atoms with E-state index in [2.05, 4.69) is 5.32 Å². The molecule has 3 N–H and O–H groups in total. The van der Waals surface area contributed by atoms with Gasteiger partial charge in [0.15, 0.2) is 0 Å². The molecule has 1 aromatic carbocycles. The van der Waals surface area contributed by atoms with Gasteiger partial charge in [-0.15, -0.1) is 0 Å². The molecule has 0 heterocycles. The molecule has 1 aromatic rings. The third kappa shape index (κ3) is 3.47. The molecule has 0 radical (unpaired) electrons. The van der Waals surface area contributed by atoms with Gasteiger partial charge in [-0.2, -0.15) is 13.2 Å². The van der Waals surface area contributed by atoms with Crippen LogP contribution in [0.2, 0.25) is 0 Å². The molecule has 2 atom stereocenters. The minimum atomic E-state index is -4.58. The molecule has 0 saturated heterocycles. The normalized spacial score (nSPS) is 22.3. The lowest BCUT2D eigenvalue weighted by atomic mass is 10.0. The Bertz CT molecular complexity index is 531. The highest BCUT2D eigenvalue weighted by atomic mass is 19.4. The minimum Gasteiger partial charge on any atom is -0.478 e. The molecule has 4 nitrogen and oxygen atoms in total. The molecular weight excluding hydrogens is 287 g/mol. The predicted molar refractivity (Wildman–Crippen MR) is 70.2 cm³/mol. The van der Waals surface area contributed by atoms with Crippen LogP contribution < -0.4 is 5.32 Å². The molecule has 1 saturated carbocycles. The van der Waals surface area contributed by atoms with Crippen LogP contribution in [0.15, 0.2) is 18.2 Å². The standard InChI is InChI=1S/C14H16F3NO3/c15-14(16,17)9-4-5-12(10(6-9)13(20)21)18-11-3-1-2-8(11)7-19/h4-6,8,11,18-19H,1-3,7H2,(H,20,21). The van der Waals surface area contributed by atoms with Crippen LogP contribution in [0.3, 0.4) is 0 Å². The number of halogens is 3. The highest BCUT2D eigenvalue weighted by Gasteiger charge is 2.33. The number of anilines is 1. The second-order valence-corrected chi connectivity index (χ2v) is 5.19. The van der Waals surface area contributed by atoms with Crippen LogP contribution in [0.1, 0.15) is 35.2 Å². The van der Waals surface area contributed by atoms with E-state index in [0.29, 0.717) is 6.07 Å². The van der Waals surface area contributed by atoms with E-state index in [4.69, 9.17) is 5.11 Å². The number of alkyl halides is 3. The van der Waals surface area contributed by atoms with E-state index in [1.54, 1.807) is 0 Å². The lowest BCUT2D eigenvalue weighted by Crippen LogP contribution is -2.27. The molecular formula is C14H16F3NO3. The Morgan fingerprint density at radius 2 is 2.05 bits per heavy atom. The van der Waals surface area contributed by atoms with Crippen molar-refractivity contribution in [2.24, 2.45) is 5.92 Å². The maximum atomic E-state index is 12.6. The Morgan fingerprint density at radius 3 is 2.62 bits per heavy atom. The molecule has 0 aliphatic heterocycles. The summed E-state index contributed by atoms with van der Waals surface area (Å²) >= 11 is 0. The molecule has 7 heteroatoms. The maximum Gasteiger partial charge on any atom is 0.416 e. The number of aromatic carboxylic acids is 1. The number of aliphatic hydroxyl groups excluding tert-OH is 1. The monoisotopic (exact) mass is 303 g/mol. The number of rotatable bonds is 4. The van der Waals surface area contributed by atoms with Crippen LogP contribution in [0, 0.1) is 5.92 Å². The van der Waals surface area contributed by atoms with Crippen LogP contribution >= 0.6 is 0 Å². The van der Waals surface area contributed by atoms with Crippen LogP contribution in [-0.2, 0) is 6.18 Å². The van der Waals surface area contributed by atoms with Crippen LogP contribution in [-0.4, -0.2) is 28.8 Å². The molecule has 1 fully saturated rings. The van der Waals surface area contributed by atoms with Gasteiger partial charge in [0, 0.05) is 24.3 Å². The largest absolute Gasteiger partial charge is 0.478 e. The summed E-state index contributed by atoms with van der Waals surface area (Å²) in [6, 6.07) is 2.51. The molecule has 21 heavy (non-hydrogen) atoms. The summed E-state index contributed by atoms with van der Waals surface area (Å²) in [5.74, 6) is -1.42. The fourth-order valence-corrected chi connectivity index (χ4v) is 2.67. The van der Waals surface area contributed by atoms with Crippen LogP contribution in [0.5, 0.6) is 0 Å². The van der Waals surface area contributed by atoms with Gasteiger partial charge in [0.2, 0.25) is 0 Å². The Hall–Kier alpha value is -1.76. The van der Waals surface area contributed by atoms with Crippen molar-refractivity contribution >= 4 is 11.7 Å². The zero-order chi connectivity index (χ0) is 15.6. The number of aliphatic hydroxyl groups is 1. The van der Waals surface area contributed by atoms with E-state index in [9.17, 15) is 23.1 Å². The summed E-state index contributed by atoms with van der Waals surface area (Å²) in [5, 5.41) is 21.3. The Labute approximate surface area is 119 Å². The van der Waals surface area contributed by atoms with Crippen molar-refractivity contribution in [1.82, 2.24) is 0 Å². The van der Waals surface area contributed by atoms with Crippen molar-refractivity contribution in [3.63, 3.8) is 0 Å². The molecule has 1 aliphatic rings. The summed E-state index contributed by atoms with van der Waals surface area (Å²) in [4.78, 5) is 11.2. The third-order valence-electron chi connectivity index (χ3n) is 3.81. The Kier molecular flexibility index (Phi) is 4.41. The zero-order valence-corrected chi connectivity index (χ0v) is 11.2. The number of nitrogens with one attached hydrogen (secondary N) is 1. The van der Waals surface area contributed by atoms with Gasteiger partial charge >= 0.3 is 12.1 Å². The molecule has 0 spiro atoms. The zero-order valence-electron chi connectivity index (χ0n) is 11.2. The fraction of sp³-hybridized carbons (Fsp3) is 0.500. The van der Waals surface area contributed by atoms with E-state index in [0.717, 1.165) is 31.4 Å². The highest BCUT2D eigenvalue weighted by Crippen LogP contribution is 2.34. The van der Waals surface area contributed by atoms with Gasteiger partial charge in [-0.25, -0.2) is 4.79 Å². The molecule has 0 aromatic heterocycles. The topological polar surface area (TPSA) is 69.6 Å². The molecule has 116 valence electrons. The van der Waals surface area contributed by atoms with E-state index in [-0.39, 0.29) is 24.3 Å². The Morgan fingerprint density at radius 1 is 1.33 bits per heavy atom. The first-order chi connectivity index (χ1) is 9.82. The smallest absolute Gasteiger partial charge is 0.416 e. The molecule has 2 unspecified atom stereocenters. The van der Waals surface area contributed by atoms with Gasteiger partial charge in [0.25, 0.3) is 0 Å². The van der Waals surface area contributed by atoms with Crippen molar-refractivity contribution < 1.29 is 28.2 Å². The predicted octanol–water partition coefficient (Wildman–Crippen LogP) is 2.98. The van der Waals surface area contributed by atoms with Gasteiger partial charge in [0.05, 0.1) is 11.1 Å². The second kappa shape index (κ2) is 5.93. The number of carbonyl (C=O) groups is 1. The van der Waals surface area contributed by atoms with Gasteiger partial charge in [-0.05, 0) is 31.0 Å². The van der Waals surface area contributed by atoms with E-state index >= 15 is 0 Å². The van der Waals surface area contributed by atoms with Gasteiger partial charge in [-0.3, -0.25) is 0 Å². The average Bonchev–Trinajstić information content (AvgIpc) is 2.84. The molecule has 0 bridgehead atoms. The number of hydrogen-bond donors (Lipinski definition) is 3. The summed E-state index contributed by atoms with van der Waals surface area (Å²) in [7, 11) is 0. The molecule has 2 rings (SSSR count). The average molecular weight is 303 g/mol. The van der Waals surface area contributed by atoms with Crippen molar-refractivity contribution in [2.45, 2.75) is 31.5 Å².